The van der Waals surface area contributed by atoms with Crippen LogP contribution in [0.3, 0.4) is 0 Å². The highest BCUT2D eigenvalue weighted by molar-refractivity contribution is 6.30. The molecular formula is C18H21ClN2O3. The summed E-state index contributed by atoms with van der Waals surface area (Å²) >= 11 is 5.92. The van der Waals surface area contributed by atoms with Gasteiger partial charge in [-0.05, 0) is 37.8 Å². The molecule has 0 radical (unpaired) electrons. The van der Waals surface area contributed by atoms with Crippen molar-refractivity contribution in [1.82, 2.24) is 10.1 Å². The van der Waals surface area contributed by atoms with Gasteiger partial charge in [0, 0.05) is 23.7 Å². The number of aromatic nitrogens is 1. The Bertz CT molecular complexity index is 716. The van der Waals surface area contributed by atoms with Crippen LogP contribution in [-0.2, 0) is 0 Å². The summed E-state index contributed by atoms with van der Waals surface area (Å²) in [6.07, 6.45) is 1.10. The molecule has 1 aliphatic heterocycles. The summed E-state index contributed by atoms with van der Waals surface area (Å²) in [5.41, 5.74) is 1.67. The van der Waals surface area contributed by atoms with Crippen molar-refractivity contribution in [2.45, 2.75) is 32.8 Å². The van der Waals surface area contributed by atoms with Crippen LogP contribution in [0.5, 0.6) is 0 Å². The van der Waals surface area contributed by atoms with Crippen LogP contribution >= 0.6 is 11.6 Å². The summed E-state index contributed by atoms with van der Waals surface area (Å²) in [6, 6.07) is 7.07. The molecule has 0 saturated carbocycles. The van der Waals surface area contributed by atoms with E-state index in [1.807, 2.05) is 0 Å². The average molecular weight is 349 g/mol. The van der Waals surface area contributed by atoms with Crippen LogP contribution in [0.2, 0.25) is 5.02 Å². The van der Waals surface area contributed by atoms with E-state index < -0.39 is 6.10 Å². The Hall–Kier alpha value is -1.85. The first kappa shape index (κ1) is 17.0. The molecule has 0 aliphatic carbocycles. The van der Waals surface area contributed by atoms with Gasteiger partial charge >= 0.3 is 0 Å². The van der Waals surface area contributed by atoms with Gasteiger partial charge in [0.05, 0.1) is 11.7 Å². The summed E-state index contributed by atoms with van der Waals surface area (Å²) in [4.78, 5) is 14.6. The molecule has 128 valence electrons. The van der Waals surface area contributed by atoms with Crippen LogP contribution < -0.4 is 0 Å². The second-order valence-electron chi connectivity index (χ2n) is 6.43. The molecule has 2 aromatic rings. The van der Waals surface area contributed by atoms with Crippen molar-refractivity contribution in [1.29, 1.82) is 0 Å². The predicted octanol–water partition coefficient (Wildman–Crippen LogP) is 3.92. The average Bonchev–Trinajstić information content (AvgIpc) is 3.01. The lowest BCUT2D eigenvalue weighted by molar-refractivity contribution is 0.0647. The minimum absolute atomic E-state index is 0.129. The summed E-state index contributed by atoms with van der Waals surface area (Å²) < 4.78 is 5.35. The number of hydrogen-bond acceptors (Lipinski definition) is 4. The molecule has 0 spiro atoms. The second-order valence-corrected chi connectivity index (χ2v) is 6.87. The molecule has 2 heterocycles. The van der Waals surface area contributed by atoms with E-state index in [9.17, 15) is 9.90 Å². The first-order valence-electron chi connectivity index (χ1n) is 8.20. The maximum absolute atomic E-state index is 12.8. The van der Waals surface area contributed by atoms with Crippen molar-refractivity contribution in [3.8, 4) is 11.3 Å². The van der Waals surface area contributed by atoms with Crippen LogP contribution in [0, 0.1) is 5.92 Å². The molecule has 1 unspecified atom stereocenters. The molecule has 3 rings (SSSR count). The molecular weight excluding hydrogens is 328 g/mol. The van der Waals surface area contributed by atoms with Crippen LogP contribution in [0.25, 0.3) is 11.3 Å². The number of aliphatic hydroxyl groups is 1. The van der Waals surface area contributed by atoms with Gasteiger partial charge in [0.2, 0.25) is 5.76 Å². The highest BCUT2D eigenvalue weighted by Crippen LogP contribution is 2.32. The van der Waals surface area contributed by atoms with E-state index in [4.69, 9.17) is 16.1 Å². The van der Waals surface area contributed by atoms with E-state index in [0.717, 1.165) is 18.4 Å². The van der Waals surface area contributed by atoms with Gasteiger partial charge in [0.15, 0.2) is 0 Å². The van der Waals surface area contributed by atoms with E-state index in [-0.39, 0.29) is 11.7 Å². The van der Waals surface area contributed by atoms with Gasteiger partial charge in [-0.15, -0.1) is 0 Å². The van der Waals surface area contributed by atoms with Gasteiger partial charge in [-0.2, -0.15) is 0 Å². The quantitative estimate of drug-likeness (QED) is 0.912. The number of amides is 1. The number of nitrogens with zero attached hydrogens (tertiary/aromatic N) is 2. The standard InChI is InChI=1S/C18H21ClN2O3/c1-11-7-9-21(10-8-11)18(23)17-15(12(2)22)16(20-24-17)13-3-5-14(19)6-4-13/h3-6,11-12,22H,7-10H2,1-2H3. The fourth-order valence-corrected chi connectivity index (χ4v) is 3.14. The molecule has 1 N–H and O–H groups in total. The molecule has 1 aromatic heterocycles. The zero-order valence-corrected chi connectivity index (χ0v) is 14.6. The second kappa shape index (κ2) is 6.95. The third kappa shape index (κ3) is 3.32. The van der Waals surface area contributed by atoms with Crippen LogP contribution in [0.15, 0.2) is 28.8 Å². The molecule has 1 saturated heterocycles. The minimum Gasteiger partial charge on any atom is -0.388 e. The normalized spacial score (nSPS) is 17.1. The maximum Gasteiger partial charge on any atom is 0.292 e. The molecule has 5 nitrogen and oxygen atoms in total. The number of hydrogen-bond donors (Lipinski definition) is 1. The Morgan fingerprint density at radius 2 is 1.96 bits per heavy atom. The van der Waals surface area contributed by atoms with Crippen LogP contribution in [0.4, 0.5) is 0 Å². The summed E-state index contributed by atoms with van der Waals surface area (Å²) in [6.45, 7) is 5.21. The van der Waals surface area contributed by atoms with E-state index >= 15 is 0 Å². The number of aliphatic hydroxyl groups excluding tert-OH is 1. The van der Waals surface area contributed by atoms with Crippen molar-refractivity contribution in [2.24, 2.45) is 5.92 Å². The number of carbonyl (C=O) groups excluding carboxylic acids is 1. The van der Waals surface area contributed by atoms with Gasteiger partial charge in [-0.1, -0.05) is 35.8 Å². The largest absolute Gasteiger partial charge is 0.388 e. The predicted molar refractivity (Wildman–Crippen MR) is 91.9 cm³/mol. The first-order chi connectivity index (χ1) is 11.5. The van der Waals surface area contributed by atoms with Crippen LogP contribution in [0.1, 0.15) is 48.9 Å². The molecule has 1 atom stereocenters. The van der Waals surface area contributed by atoms with Crippen molar-refractivity contribution < 1.29 is 14.4 Å². The fourth-order valence-electron chi connectivity index (χ4n) is 3.01. The molecule has 1 fully saturated rings. The number of benzene rings is 1. The first-order valence-corrected chi connectivity index (χ1v) is 8.58. The van der Waals surface area contributed by atoms with E-state index in [2.05, 4.69) is 12.1 Å². The van der Waals surface area contributed by atoms with Crippen molar-refractivity contribution >= 4 is 17.5 Å². The summed E-state index contributed by atoms with van der Waals surface area (Å²) in [7, 11) is 0. The Balaban J connectivity index is 1.94. The Morgan fingerprint density at radius 1 is 1.33 bits per heavy atom. The van der Waals surface area contributed by atoms with Gasteiger partial charge in [-0.3, -0.25) is 4.79 Å². The molecule has 1 aromatic carbocycles. The zero-order valence-electron chi connectivity index (χ0n) is 13.8. The molecule has 6 heteroatoms. The van der Waals surface area contributed by atoms with Gasteiger partial charge in [-0.25, -0.2) is 0 Å². The van der Waals surface area contributed by atoms with Crippen molar-refractivity contribution in [3.05, 3.63) is 40.6 Å². The lowest BCUT2D eigenvalue weighted by Gasteiger charge is -2.29. The van der Waals surface area contributed by atoms with Gasteiger partial charge in [0.1, 0.15) is 5.69 Å². The third-order valence-electron chi connectivity index (χ3n) is 4.53. The maximum atomic E-state index is 12.8. The fraction of sp³-hybridized carbons (Fsp3) is 0.444. The smallest absolute Gasteiger partial charge is 0.292 e. The minimum atomic E-state index is -0.857. The monoisotopic (exact) mass is 348 g/mol. The number of piperidine rings is 1. The zero-order chi connectivity index (χ0) is 17.3. The topological polar surface area (TPSA) is 66.6 Å². The number of rotatable bonds is 3. The Morgan fingerprint density at radius 3 is 2.54 bits per heavy atom. The highest BCUT2D eigenvalue weighted by atomic mass is 35.5. The van der Waals surface area contributed by atoms with E-state index in [1.54, 1.807) is 36.1 Å². The molecule has 24 heavy (non-hydrogen) atoms. The number of carbonyl (C=O) groups is 1. The SMILES string of the molecule is CC1CCN(C(=O)c2onc(-c3ccc(Cl)cc3)c2C(C)O)CC1. The highest BCUT2D eigenvalue weighted by Gasteiger charge is 2.30. The van der Waals surface area contributed by atoms with Crippen molar-refractivity contribution in [3.63, 3.8) is 0 Å². The van der Waals surface area contributed by atoms with E-state index in [0.29, 0.717) is 35.3 Å². The Labute approximate surface area is 146 Å². The molecule has 1 amide bonds. The van der Waals surface area contributed by atoms with Crippen molar-refractivity contribution in [2.75, 3.05) is 13.1 Å². The molecule has 1 aliphatic rings. The lowest BCUT2D eigenvalue weighted by atomic mass is 9.98. The summed E-state index contributed by atoms with van der Waals surface area (Å²) in [5.74, 6) is 0.555. The third-order valence-corrected chi connectivity index (χ3v) is 4.78. The Kier molecular flexibility index (Phi) is 4.92. The van der Waals surface area contributed by atoms with E-state index in [1.165, 1.54) is 0 Å². The molecule has 0 bridgehead atoms. The van der Waals surface area contributed by atoms with Crippen LogP contribution in [-0.4, -0.2) is 34.2 Å². The van der Waals surface area contributed by atoms with Gasteiger partial charge < -0.3 is 14.5 Å². The lowest BCUT2D eigenvalue weighted by Crippen LogP contribution is -2.38. The number of likely N-dealkylation sites (tertiary alicyclic amines) is 1. The number of halogens is 1. The van der Waals surface area contributed by atoms with Gasteiger partial charge in [0.25, 0.3) is 5.91 Å². The summed E-state index contributed by atoms with van der Waals surface area (Å²) in [5, 5.41) is 14.8.